The van der Waals surface area contributed by atoms with Crippen molar-refractivity contribution < 1.29 is 0 Å². The molecule has 0 unspecified atom stereocenters. The fourth-order valence-corrected chi connectivity index (χ4v) is 1.46. The molecule has 0 spiro atoms. The lowest BCUT2D eigenvalue weighted by Crippen LogP contribution is -1.91. The minimum atomic E-state index is 1.06. The first kappa shape index (κ1) is 10.8. The average Bonchev–Trinajstić information content (AvgIpc) is 2.14. The molecule has 0 N–H and O–H groups in total. The van der Waals surface area contributed by atoms with Crippen LogP contribution in [0.3, 0.4) is 0 Å². The maximum absolute atomic E-state index is 4.06. The zero-order valence-corrected chi connectivity index (χ0v) is 9.14. The molecule has 0 heteroatoms. The van der Waals surface area contributed by atoms with Gasteiger partial charge in [-0.1, -0.05) is 48.6 Å². The summed E-state index contributed by atoms with van der Waals surface area (Å²) < 4.78 is 0. The molecular formula is C14H18. The highest BCUT2D eigenvalue weighted by Gasteiger charge is 2.03. The average molecular weight is 186 g/mol. The van der Waals surface area contributed by atoms with E-state index in [4.69, 9.17) is 0 Å². The van der Waals surface area contributed by atoms with Crippen LogP contribution in [0.1, 0.15) is 26.7 Å². The predicted molar refractivity (Wildman–Crippen MR) is 64.2 cm³/mol. The van der Waals surface area contributed by atoms with E-state index in [1.165, 1.54) is 11.1 Å². The van der Waals surface area contributed by atoms with Crippen molar-refractivity contribution in [2.75, 3.05) is 0 Å². The fourth-order valence-electron chi connectivity index (χ4n) is 1.46. The van der Waals surface area contributed by atoms with E-state index in [-0.39, 0.29) is 0 Å². The van der Waals surface area contributed by atoms with Gasteiger partial charge in [0.25, 0.3) is 0 Å². The molecule has 0 atom stereocenters. The molecule has 0 saturated carbocycles. The first-order valence-electron chi connectivity index (χ1n) is 5.00. The van der Waals surface area contributed by atoms with Crippen LogP contribution in [0.5, 0.6) is 0 Å². The molecule has 14 heavy (non-hydrogen) atoms. The van der Waals surface area contributed by atoms with Crippen molar-refractivity contribution in [3.05, 3.63) is 59.8 Å². The quantitative estimate of drug-likeness (QED) is 0.575. The minimum absolute atomic E-state index is 1.06. The van der Waals surface area contributed by atoms with Gasteiger partial charge in [-0.15, -0.1) is 0 Å². The van der Waals surface area contributed by atoms with Gasteiger partial charge in [0.05, 0.1) is 0 Å². The summed E-state index contributed by atoms with van der Waals surface area (Å²) in [6, 6.07) is 0. The Morgan fingerprint density at radius 2 is 2.07 bits per heavy atom. The van der Waals surface area contributed by atoms with Crippen LogP contribution in [0.25, 0.3) is 0 Å². The summed E-state index contributed by atoms with van der Waals surface area (Å²) in [6.45, 7) is 12.0. The van der Waals surface area contributed by atoms with Gasteiger partial charge in [-0.25, -0.2) is 0 Å². The van der Waals surface area contributed by atoms with Crippen molar-refractivity contribution in [2.24, 2.45) is 0 Å². The molecule has 0 saturated heterocycles. The Bertz CT molecular complexity index is 335. The van der Waals surface area contributed by atoms with Crippen molar-refractivity contribution >= 4 is 0 Å². The standard InChI is InChI=1S/C14H18/c1-11(2)8-9-13(4)14-7-5-6-12(3)10-14/h6,8-10H,1,4-5,7H2,2-3H3/b9-8-. The summed E-state index contributed by atoms with van der Waals surface area (Å²) in [4.78, 5) is 0. The minimum Gasteiger partial charge on any atom is -0.0961 e. The topological polar surface area (TPSA) is 0 Å². The first-order valence-corrected chi connectivity index (χ1v) is 5.00. The molecule has 1 rings (SSSR count). The van der Waals surface area contributed by atoms with Crippen LogP contribution in [-0.4, -0.2) is 0 Å². The Balaban J connectivity index is 2.71. The SMILES string of the molecule is C=C(C)/C=C\C(=C)C1=CC(C)=CCC1. The molecule has 0 aliphatic heterocycles. The number of hydrogen-bond acceptors (Lipinski definition) is 0. The summed E-state index contributed by atoms with van der Waals surface area (Å²) in [5.74, 6) is 0. The van der Waals surface area contributed by atoms with Crippen molar-refractivity contribution in [1.82, 2.24) is 0 Å². The summed E-state index contributed by atoms with van der Waals surface area (Å²) in [5, 5.41) is 0. The molecule has 0 amide bonds. The Kier molecular flexibility index (Phi) is 3.70. The largest absolute Gasteiger partial charge is 0.0961 e. The van der Waals surface area contributed by atoms with Crippen molar-refractivity contribution in [1.29, 1.82) is 0 Å². The van der Waals surface area contributed by atoms with E-state index in [9.17, 15) is 0 Å². The predicted octanol–water partition coefficient (Wildman–Crippen LogP) is 4.34. The Hall–Kier alpha value is -1.30. The van der Waals surface area contributed by atoms with E-state index in [1.807, 2.05) is 19.1 Å². The van der Waals surface area contributed by atoms with Gasteiger partial charge in [0.2, 0.25) is 0 Å². The second-order valence-electron chi connectivity index (χ2n) is 3.86. The maximum atomic E-state index is 4.06. The van der Waals surface area contributed by atoms with Crippen LogP contribution in [0, 0.1) is 0 Å². The van der Waals surface area contributed by atoms with Gasteiger partial charge in [0.1, 0.15) is 0 Å². The van der Waals surface area contributed by atoms with Crippen molar-refractivity contribution in [2.45, 2.75) is 26.7 Å². The van der Waals surface area contributed by atoms with E-state index in [0.29, 0.717) is 0 Å². The Morgan fingerprint density at radius 3 is 2.64 bits per heavy atom. The zero-order valence-electron chi connectivity index (χ0n) is 9.14. The van der Waals surface area contributed by atoms with Gasteiger partial charge in [-0.2, -0.15) is 0 Å². The molecule has 1 aliphatic carbocycles. The smallest absolute Gasteiger partial charge is 0.0238 e. The normalized spacial score (nSPS) is 16.4. The molecule has 0 aromatic carbocycles. The van der Waals surface area contributed by atoms with E-state index in [2.05, 4.69) is 32.2 Å². The van der Waals surface area contributed by atoms with Gasteiger partial charge >= 0.3 is 0 Å². The number of allylic oxidation sites excluding steroid dienone is 8. The number of hydrogen-bond donors (Lipinski definition) is 0. The lowest BCUT2D eigenvalue weighted by atomic mass is 9.94. The molecule has 0 bridgehead atoms. The third-order valence-electron chi connectivity index (χ3n) is 2.26. The molecule has 0 aromatic heterocycles. The summed E-state index contributed by atoms with van der Waals surface area (Å²) in [5.41, 5.74) is 4.87. The monoisotopic (exact) mass is 186 g/mol. The highest BCUT2D eigenvalue weighted by Crippen LogP contribution is 2.23. The van der Waals surface area contributed by atoms with E-state index in [0.717, 1.165) is 24.0 Å². The van der Waals surface area contributed by atoms with Crippen LogP contribution in [0.15, 0.2) is 59.8 Å². The Labute approximate surface area is 87.0 Å². The molecule has 1 aliphatic rings. The first-order chi connectivity index (χ1) is 6.59. The summed E-state index contributed by atoms with van der Waals surface area (Å²) in [6.07, 6.45) is 10.8. The third kappa shape index (κ3) is 3.21. The second kappa shape index (κ2) is 4.80. The van der Waals surface area contributed by atoms with Crippen LogP contribution in [-0.2, 0) is 0 Å². The van der Waals surface area contributed by atoms with Gasteiger partial charge in [0, 0.05) is 0 Å². The third-order valence-corrected chi connectivity index (χ3v) is 2.26. The second-order valence-corrected chi connectivity index (χ2v) is 3.86. The lowest BCUT2D eigenvalue weighted by Gasteiger charge is -2.11. The lowest BCUT2D eigenvalue weighted by molar-refractivity contribution is 0.962. The van der Waals surface area contributed by atoms with Crippen LogP contribution in [0.2, 0.25) is 0 Å². The molecule has 0 nitrogen and oxygen atoms in total. The van der Waals surface area contributed by atoms with Crippen molar-refractivity contribution in [3.8, 4) is 0 Å². The van der Waals surface area contributed by atoms with E-state index in [1.54, 1.807) is 0 Å². The highest BCUT2D eigenvalue weighted by atomic mass is 14.1. The molecule has 74 valence electrons. The van der Waals surface area contributed by atoms with Crippen LogP contribution < -0.4 is 0 Å². The summed E-state index contributed by atoms with van der Waals surface area (Å²) in [7, 11) is 0. The van der Waals surface area contributed by atoms with Crippen LogP contribution >= 0.6 is 0 Å². The van der Waals surface area contributed by atoms with Gasteiger partial charge < -0.3 is 0 Å². The Morgan fingerprint density at radius 1 is 1.36 bits per heavy atom. The van der Waals surface area contributed by atoms with E-state index < -0.39 is 0 Å². The summed E-state index contributed by atoms with van der Waals surface area (Å²) >= 11 is 0. The molecule has 0 heterocycles. The molecule has 0 fully saturated rings. The molecular weight excluding hydrogens is 168 g/mol. The number of rotatable bonds is 3. The fraction of sp³-hybridized carbons (Fsp3) is 0.286. The van der Waals surface area contributed by atoms with E-state index >= 15 is 0 Å². The zero-order chi connectivity index (χ0) is 10.6. The highest BCUT2D eigenvalue weighted by molar-refractivity contribution is 5.44. The molecule has 0 aromatic rings. The van der Waals surface area contributed by atoms with Crippen molar-refractivity contribution in [3.63, 3.8) is 0 Å². The van der Waals surface area contributed by atoms with Gasteiger partial charge in [0.15, 0.2) is 0 Å². The van der Waals surface area contributed by atoms with Gasteiger partial charge in [-0.05, 0) is 37.8 Å². The maximum Gasteiger partial charge on any atom is -0.0238 e. The molecule has 0 radical (unpaired) electrons. The van der Waals surface area contributed by atoms with Crippen LogP contribution in [0.4, 0.5) is 0 Å². The van der Waals surface area contributed by atoms with Gasteiger partial charge in [-0.3, -0.25) is 0 Å².